The zero-order chi connectivity index (χ0) is 18.1. The Labute approximate surface area is 147 Å². The molecule has 0 spiro atoms. The van der Waals surface area contributed by atoms with Gasteiger partial charge in [0.05, 0.1) is 4.92 Å². The minimum atomic E-state index is -0.436. The molecule has 9 heteroatoms. The number of aromatic nitrogens is 2. The Morgan fingerprint density at radius 1 is 1.19 bits per heavy atom. The van der Waals surface area contributed by atoms with E-state index in [9.17, 15) is 10.1 Å². The second-order valence-corrected chi connectivity index (χ2v) is 5.57. The van der Waals surface area contributed by atoms with E-state index >= 15 is 0 Å². The maximum absolute atomic E-state index is 10.8. The molecule has 0 unspecified atom stereocenters. The molecule has 9 nitrogen and oxygen atoms in total. The lowest BCUT2D eigenvalue weighted by molar-refractivity contribution is -0.385. The van der Waals surface area contributed by atoms with Crippen LogP contribution in [0, 0.1) is 17.0 Å². The summed E-state index contributed by atoms with van der Waals surface area (Å²) < 4.78 is 21.3. The number of aryl methyl sites for hydroxylation is 1. The van der Waals surface area contributed by atoms with E-state index in [1.807, 2.05) is 6.07 Å². The molecule has 0 amide bonds. The van der Waals surface area contributed by atoms with Crippen molar-refractivity contribution in [1.82, 2.24) is 10.1 Å². The van der Waals surface area contributed by atoms with E-state index in [0.717, 1.165) is 5.56 Å². The molecule has 132 valence electrons. The van der Waals surface area contributed by atoms with E-state index < -0.39 is 4.92 Å². The van der Waals surface area contributed by atoms with Gasteiger partial charge in [-0.15, -0.1) is 0 Å². The van der Waals surface area contributed by atoms with Crippen molar-refractivity contribution in [3.8, 4) is 28.6 Å². The lowest BCUT2D eigenvalue weighted by atomic mass is 10.2. The number of nitro benzene ring substituents is 1. The van der Waals surface area contributed by atoms with Crippen LogP contribution in [0.25, 0.3) is 11.4 Å². The number of fused-ring (bicyclic) bond motifs is 1. The third kappa shape index (κ3) is 3.02. The normalized spacial score (nSPS) is 12.2. The highest BCUT2D eigenvalue weighted by Crippen LogP contribution is 2.35. The van der Waals surface area contributed by atoms with Crippen molar-refractivity contribution in [1.29, 1.82) is 0 Å². The minimum Gasteiger partial charge on any atom is -0.484 e. The molecule has 1 aliphatic heterocycles. The first-order valence-corrected chi connectivity index (χ1v) is 7.70. The van der Waals surface area contributed by atoms with Crippen LogP contribution in [-0.4, -0.2) is 21.9 Å². The summed E-state index contributed by atoms with van der Waals surface area (Å²) in [7, 11) is 0. The van der Waals surface area contributed by atoms with E-state index in [-0.39, 0.29) is 25.0 Å². The molecular weight excluding hydrogens is 342 g/mol. The summed E-state index contributed by atoms with van der Waals surface area (Å²) in [5.41, 5.74) is 1.29. The summed E-state index contributed by atoms with van der Waals surface area (Å²) in [5.74, 6) is 2.48. The summed E-state index contributed by atoms with van der Waals surface area (Å²) in [6, 6.07) is 9.88. The zero-order valence-electron chi connectivity index (χ0n) is 13.7. The molecule has 0 bridgehead atoms. The number of nitro groups is 1. The van der Waals surface area contributed by atoms with Crippen molar-refractivity contribution in [3.63, 3.8) is 0 Å². The average Bonchev–Trinajstić information content (AvgIpc) is 3.28. The van der Waals surface area contributed by atoms with E-state index in [0.29, 0.717) is 28.6 Å². The van der Waals surface area contributed by atoms with E-state index in [2.05, 4.69) is 10.1 Å². The van der Waals surface area contributed by atoms with Crippen LogP contribution < -0.4 is 14.2 Å². The molecule has 0 N–H and O–H groups in total. The Morgan fingerprint density at radius 2 is 2.04 bits per heavy atom. The van der Waals surface area contributed by atoms with Crippen LogP contribution in [-0.2, 0) is 6.61 Å². The number of rotatable bonds is 5. The lowest BCUT2D eigenvalue weighted by Gasteiger charge is -2.04. The van der Waals surface area contributed by atoms with Gasteiger partial charge >= 0.3 is 0 Å². The van der Waals surface area contributed by atoms with Gasteiger partial charge in [-0.25, -0.2) is 0 Å². The first-order chi connectivity index (χ1) is 12.6. The maximum Gasteiger partial charge on any atom is 0.272 e. The zero-order valence-corrected chi connectivity index (χ0v) is 13.7. The Morgan fingerprint density at radius 3 is 2.85 bits per heavy atom. The van der Waals surface area contributed by atoms with E-state index in [1.54, 1.807) is 25.1 Å². The fourth-order valence-electron chi connectivity index (χ4n) is 2.53. The van der Waals surface area contributed by atoms with Crippen molar-refractivity contribution in [2.75, 3.05) is 6.79 Å². The van der Waals surface area contributed by atoms with Crippen molar-refractivity contribution >= 4 is 5.69 Å². The standard InChI is InChI=1S/C17H13N3O6/c1-10-6-12(3-4-13(10)20(21)22)23-8-16-18-17(19-26-16)11-2-5-14-15(7-11)25-9-24-14/h2-7H,8-9H2,1H3. The van der Waals surface area contributed by atoms with Crippen LogP contribution in [0.1, 0.15) is 11.5 Å². The molecule has 0 saturated heterocycles. The summed E-state index contributed by atoms with van der Waals surface area (Å²) in [4.78, 5) is 14.7. The number of hydrogen-bond acceptors (Lipinski definition) is 8. The maximum atomic E-state index is 10.8. The number of benzene rings is 2. The molecule has 4 rings (SSSR count). The minimum absolute atomic E-state index is 0.0419. The summed E-state index contributed by atoms with van der Waals surface area (Å²) in [5, 5.41) is 14.8. The van der Waals surface area contributed by atoms with Gasteiger partial charge < -0.3 is 18.7 Å². The van der Waals surface area contributed by atoms with Gasteiger partial charge in [-0.1, -0.05) is 5.16 Å². The number of nitrogens with zero attached hydrogens (tertiary/aromatic N) is 3. The van der Waals surface area contributed by atoms with Gasteiger partial charge in [0.15, 0.2) is 18.1 Å². The van der Waals surface area contributed by atoms with Crippen LogP contribution >= 0.6 is 0 Å². The van der Waals surface area contributed by atoms with E-state index in [1.165, 1.54) is 12.1 Å². The number of hydrogen-bond donors (Lipinski definition) is 0. The molecule has 3 aromatic rings. The van der Waals surface area contributed by atoms with Gasteiger partial charge in [-0.05, 0) is 37.3 Å². The lowest BCUT2D eigenvalue weighted by Crippen LogP contribution is -1.97. The molecule has 1 aliphatic rings. The van der Waals surface area contributed by atoms with Crippen LogP contribution in [0.4, 0.5) is 5.69 Å². The van der Waals surface area contributed by atoms with Crippen LogP contribution in [0.15, 0.2) is 40.9 Å². The molecule has 2 aromatic carbocycles. The van der Waals surface area contributed by atoms with Crippen molar-refractivity contribution in [2.45, 2.75) is 13.5 Å². The van der Waals surface area contributed by atoms with Crippen molar-refractivity contribution in [2.24, 2.45) is 0 Å². The highest BCUT2D eigenvalue weighted by Gasteiger charge is 2.17. The molecule has 0 radical (unpaired) electrons. The predicted molar refractivity (Wildman–Crippen MR) is 88.0 cm³/mol. The van der Waals surface area contributed by atoms with Crippen LogP contribution in [0.5, 0.6) is 17.2 Å². The molecule has 0 fully saturated rings. The second-order valence-electron chi connectivity index (χ2n) is 5.57. The average molecular weight is 355 g/mol. The van der Waals surface area contributed by atoms with Gasteiger partial charge in [-0.3, -0.25) is 10.1 Å². The summed E-state index contributed by atoms with van der Waals surface area (Å²) in [6.45, 7) is 1.89. The Balaban J connectivity index is 1.46. The Bertz CT molecular complexity index is 984. The molecule has 1 aromatic heterocycles. The van der Waals surface area contributed by atoms with Gasteiger partial charge in [0.25, 0.3) is 11.6 Å². The van der Waals surface area contributed by atoms with Crippen molar-refractivity contribution in [3.05, 3.63) is 58.0 Å². The smallest absolute Gasteiger partial charge is 0.272 e. The fraction of sp³-hybridized carbons (Fsp3) is 0.176. The topological polar surface area (TPSA) is 110 Å². The summed E-state index contributed by atoms with van der Waals surface area (Å²) in [6.07, 6.45) is 0. The molecule has 2 heterocycles. The molecule has 0 saturated carbocycles. The molecular formula is C17H13N3O6. The van der Waals surface area contributed by atoms with Gasteiger partial charge in [0.1, 0.15) is 5.75 Å². The quantitative estimate of drug-likeness (QED) is 0.506. The molecule has 0 atom stereocenters. The monoisotopic (exact) mass is 355 g/mol. The Hall–Kier alpha value is -3.62. The Kier molecular flexibility index (Phi) is 3.88. The third-order valence-electron chi connectivity index (χ3n) is 3.83. The van der Waals surface area contributed by atoms with Crippen LogP contribution in [0.2, 0.25) is 0 Å². The molecule has 0 aliphatic carbocycles. The first kappa shape index (κ1) is 15.9. The predicted octanol–water partition coefficient (Wildman–Crippen LogP) is 3.26. The van der Waals surface area contributed by atoms with E-state index in [4.69, 9.17) is 18.7 Å². The highest BCUT2D eigenvalue weighted by atomic mass is 16.7. The highest BCUT2D eigenvalue weighted by molar-refractivity contribution is 5.61. The van der Waals surface area contributed by atoms with Crippen molar-refractivity contribution < 1.29 is 23.7 Å². The molecule has 26 heavy (non-hydrogen) atoms. The number of ether oxygens (including phenoxy) is 3. The van der Waals surface area contributed by atoms with Crippen LogP contribution in [0.3, 0.4) is 0 Å². The van der Waals surface area contributed by atoms with Gasteiger partial charge in [-0.2, -0.15) is 4.98 Å². The largest absolute Gasteiger partial charge is 0.484 e. The summed E-state index contributed by atoms with van der Waals surface area (Å²) >= 11 is 0. The fourth-order valence-corrected chi connectivity index (χ4v) is 2.53. The first-order valence-electron chi connectivity index (χ1n) is 7.70. The van der Waals surface area contributed by atoms with Gasteiger partial charge in [0.2, 0.25) is 12.6 Å². The third-order valence-corrected chi connectivity index (χ3v) is 3.83. The van der Waals surface area contributed by atoms with Gasteiger partial charge in [0, 0.05) is 17.2 Å². The second kappa shape index (κ2) is 6.36. The SMILES string of the molecule is Cc1cc(OCc2nc(-c3ccc4c(c3)OCO4)no2)ccc1[N+](=O)[O-].